The highest BCUT2D eigenvalue weighted by atomic mass is 15.3. The van der Waals surface area contributed by atoms with Crippen LogP contribution in [0.3, 0.4) is 0 Å². The molecule has 0 saturated heterocycles. The van der Waals surface area contributed by atoms with Crippen LogP contribution in [0.5, 0.6) is 0 Å². The predicted octanol–water partition coefficient (Wildman–Crippen LogP) is 4.67. The van der Waals surface area contributed by atoms with Crippen molar-refractivity contribution in [2.75, 3.05) is 21.1 Å². The topological polar surface area (TPSA) is 0 Å². The van der Waals surface area contributed by atoms with Gasteiger partial charge in [0.25, 0.3) is 0 Å². The first-order valence-electron chi connectivity index (χ1n) is 9.53. The Bertz CT molecular complexity index is 577. The molecule has 0 aromatic heterocycles. The SMILES string of the molecule is C[N+](C)(C)Cc1ccc(CC2CC3CC2C2CC=CCC32)cc1. The molecule has 4 rings (SSSR count). The normalized spacial score (nSPS) is 35.5. The van der Waals surface area contributed by atoms with E-state index in [4.69, 9.17) is 0 Å². The van der Waals surface area contributed by atoms with Crippen molar-refractivity contribution >= 4 is 0 Å². The third kappa shape index (κ3) is 3.13. The standard InChI is InChI=1S/C22H32N/c1-23(2,3)15-17-10-8-16(9-11-17)12-18-13-19-14-22(18)21-7-5-4-6-20(19)21/h4-5,8-11,18-22H,6-7,12-15H2,1-3H3/q+1. The number of allylic oxidation sites excluding steroid dienone is 2. The summed E-state index contributed by atoms with van der Waals surface area (Å²) in [6.07, 6.45) is 12.0. The van der Waals surface area contributed by atoms with Gasteiger partial charge in [0, 0.05) is 5.56 Å². The average molecular weight is 311 g/mol. The molecule has 2 fully saturated rings. The van der Waals surface area contributed by atoms with Crippen molar-refractivity contribution in [3.63, 3.8) is 0 Å². The highest BCUT2D eigenvalue weighted by Crippen LogP contribution is 2.59. The summed E-state index contributed by atoms with van der Waals surface area (Å²) < 4.78 is 1.00. The van der Waals surface area contributed by atoms with E-state index in [0.29, 0.717) is 0 Å². The molecule has 0 heterocycles. The minimum atomic E-state index is 0.956. The Hall–Kier alpha value is -1.08. The van der Waals surface area contributed by atoms with Gasteiger partial charge in [0.15, 0.2) is 0 Å². The molecular formula is C22H32N+. The second kappa shape index (κ2) is 5.77. The van der Waals surface area contributed by atoms with Gasteiger partial charge in [-0.3, -0.25) is 0 Å². The third-order valence-corrected chi connectivity index (χ3v) is 6.65. The number of benzene rings is 1. The van der Waals surface area contributed by atoms with Crippen LogP contribution in [0.1, 0.15) is 36.8 Å². The summed E-state index contributed by atoms with van der Waals surface area (Å²) in [6, 6.07) is 9.51. The zero-order valence-electron chi connectivity index (χ0n) is 15.0. The van der Waals surface area contributed by atoms with Crippen molar-refractivity contribution in [2.45, 2.75) is 38.6 Å². The second-order valence-corrected chi connectivity index (χ2v) is 9.39. The van der Waals surface area contributed by atoms with Crippen molar-refractivity contribution in [3.05, 3.63) is 47.5 Å². The van der Waals surface area contributed by atoms with Crippen LogP contribution in [0.15, 0.2) is 36.4 Å². The van der Waals surface area contributed by atoms with Crippen LogP contribution in [0.25, 0.3) is 0 Å². The van der Waals surface area contributed by atoms with Gasteiger partial charge in [-0.05, 0) is 67.3 Å². The molecule has 23 heavy (non-hydrogen) atoms. The van der Waals surface area contributed by atoms with Crippen LogP contribution in [0, 0.1) is 29.6 Å². The molecule has 5 atom stereocenters. The van der Waals surface area contributed by atoms with Gasteiger partial charge in [-0.15, -0.1) is 0 Å². The Morgan fingerprint density at radius 2 is 1.48 bits per heavy atom. The van der Waals surface area contributed by atoms with Gasteiger partial charge in [0.05, 0.1) is 21.1 Å². The van der Waals surface area contributed by atoms with E-state index < -0.39 is 0 Å². The van der Waals surface area contributed by atoms with Crippen LogP contribution in [0.4, 0.5) is 0 Å². The number of fused-ring (bicyclic) bond motifs is 5. The fourth-order valence-electron chi connectivity index (χ4n) is 5.83. The molecule has 124 valence electrons. The average Bonchev–Trinajstić information content (AvgIpc) is 3.07. The van der Waals surface area contributed by atoms with E-state index in [9.17, 15) is 0 Å². The lowest BCUT2D eigenvalue weighted by Crippen LogP contribution is -2.33. The second-order valence-electron chi connectivity index (χ2n) is 9.39. The molecule has 0 amide bonds. The summed E-state index contributed by atoms with van der Waals surface area (Å²) in [5, 5.41) is 0. The molecule has 1 aromatic carbocycles. The van der Waals surface area contributed by atoms with E-state index in [1.807, 2.05) is 0 Å². The Morgan fingerprint density at radius 1 is 0.826 bits per heavy atom. The summed E-state index contributed by atoms with van der Waals surface area (Å²) in [7, 11) is 6.79. The number of nitrogens with zero attached hydrogens (tertiary/aromatic N) is 1. The van der Waals surface area contributed by atoms with Gasteiger partial charge >= 0.3 is 0 Å². The molecule has 2 saturated carbocycles. The summed E-state index contributed by atoms with van der Waals surface area (Å²) in [6.45, 7) is 1.12. The van der Waals surface area contributed by atoms with Gasteiger partial charge in [-0.1, -0.05) is 36.4 Å². The molecule has 0 spiro atoms. The third-order valence-electron chi connectivity index (χ3n) is 6.65. The van der Waals surface area contributed by atoms with Gasteiger partial charge in [-0.2, -0.15) is 0 Å². The Balaban J connectivity index is 1.41. The lowest BCUT2D eigenvalue weighted by molar-refractivity contribution is -0.884. The van der Waals surface area contributed by atoms with Crippen LogP contribution in [0.2, 0.25) is 0 Å². The van der Waals surface area contributed by atoms with Crippen molar-refractivity contribution in [1.29, 1.82) is 0 Å². The van der Waals surface area contributed by atoms with Crippen molar-refractivity contribution in [1.82, 2.24) is 0 Å². The van der Waals surface area contributed by atoms with Crippen molar-refractivity contribution in [3.8, 4) is 0 Å². The Kier molecular flexibility index (Phi) is 3.88. The first kappa shape index (κ1) is 15.4. The summed E-state index contributed by atoms with van der Waals surface area (Å²) in [4.78, 5) is 0. The van der Waals surface area contributed by atoms with Gasteiger partial charge < -0.3 is 4.48 Å². The molecule has 2 bridgehead atoms. The fraction of sp³-hybridized carbons (Fsp3) is 0.636. The molecular weight excluding hydrogens is 278 g/mol. The maximum Gasteiger partial charge on any atom is 0.104 e. The van der Waals surface area contributed by atoms with Crippen LogP contribution in [-0.4, -0.2) is 25.6 Å². The molecule has 3 aliphatic carbocycles. The minimum Gasteiger partial charge on any atom is -0.327 e. The van der Waals surface area contributed by atoms with E-state index in [0.717, 1.165) is 40.6 Å². The molecule has 0 N–H and O–H groups in total. The number of hydrogen-bond donors (Lipinski definition) is 0. The van der Waals surface area contributed by atoms with Crippen LogP contribution >= 0.6 is 0 Å². The fourth-order valence-corrected chi connectivity index (χ4v) is 5.83. The number of hydrogen-bond acceptors (Lipinski definition) is 0. The Morgan fingerprint density at radius 3 is 2.17 bits per heavy atom. The van der Waals surface area contributed by atoms with E-state index >= 15 is 0 Å². The summed E-state index contributed by atoms with van der Waals surface area (Å²) in [5.41, 5.74) is 3.03. The van der Waals surface area contributed by atoms with E-state index in [1.165, 1.54) is 37.7 Å². The largest absolute Gasteiger partial charge is 0.327 e. The van der Waals surface area contributed by atoms with Gasteiger partial charge in [-0.25, -0.2) is 0 Å². The summed E-state index contributed by atoms with van der Waals surface area (Å²) in [5.74, 6) is 5.06. The lowest BCUT2D eigenvalue weighted by atomic mass is 9.68. The van der Waals surface area contributed by atoms with Gasteiger partial charge in [0.1, 0.15) is 6.54 Å². The van der Waals surface area contributed by atoms with Crippen molar-refractivity contribution in [2.24, 2.45) is 29.6 Å². The smallest absolute Gasteiger partial charge is 0.104 e. The molecule has 0 aliphatic heterocycles. The number of quaternary nitrogens is 1. The molecule has 1 aromatic rings. The predicted molar refractivity (Wildman–Crippen MR) is 96.9 cm³/mol. The monoisotopic (exact) mass is 310 g/mol. The number of rotatable bonds is 4. The van der Waals surface area contributed by atoms with E-state index in [-0.39, 0.29) is 0 Å². The molecule has 1 heteroatoms. The first-order valence-corrected chi connectivity index (χ1v) is 9.53. The Labute approximate surface area is 142 Å². The highest BCUT2D eigenvalue weighted by molar-refractivity contribution is 5.23. The van der Waals surface area contributed by atoms with Crippen LogP contribution in [-0.2, 0) is 13.0 Å². The zero-order chi connectivity index (χ0) is 16.0. The highest BCUT2D eigenvalue weighted by Gasteiger charge is 2.51. The van der Waals surface area contributed by atoms with Crippen molar-refractivity contribution < 1.29 is 4.48 Å². The maximum atomic E-state index is 2.46. The molecule has 0 radical (unpaired) electrons. The lowest BCUT2D eigenvalue weighted by Gasteiger charge is -2.37. The molecule has 3 aliphatic rings. The van der Waals surface area contributed by atoms with E-state index in [2.05, 4.69) is 57.6 Å². The quantitative estimate of drug-likeness (QED) is 0.560. The maximum absolute atomic E-state index is 2.46. The molecule has 5 unspecified atom stereocenters. The van der Waals surface area contributed by atoms with E-state index in [1.54, 1.807) is 5.56 Å². The first-order chi connectivity index (χ1) is 11.0. The summed E-state index contributed by atoms with van der Waals surface area (Å²) >= 11 is 0. The van der Waals surface area contributed by atoms with Gasteiger partial charge in [0.2, 0.25) is 0 Å². The minimum absolute atomic E-state index is 0.956. The van der Waals surface area contributed by atoms with Crippen LogP contribution < -0.4 is 0 Å². The molecule has 1 nitrogen and oxygen atoms in total. The zero-order valence-corrected chi connectivity index (χ0v) is 15.0.